The second-order valence-electron chi connectivity index (χ2n) is 4.92. The maximum Gasteiger partial charge on any atom is 0.202 e. The first kappa shape index (κ1) is 14.0. The molecule has 0 atom stereocenters. The molecule has 0 amide bonds. The second kappa shape index (κ2) is 5.11. The fraction of sp³-hybridized carbons (Fsp3) is 0.188. The highest BCUT2D eigenvalue weighted by Crippen LogP contribution is 2.35. The molecule has 21 heavy (non-hydrogen) atoms. The molecule has 0 bridgehead atoms. The van der Waals surface area contributed by atoms with Crippen LogP contribution >= 0.6 is 11.6 Å². The van der Waals surface area contributed by atoms with Gasteiger partial charge in [-0.2, -0.15) is 0 Å². The molecule has 1 aliphatic rings. The number of ketones is 1. The largest absolute Gasteiger partial charge is 0.492 e. The van der Waals surface area contributed by atoms with Gasteiger partial charge in [0.2, 0.25) is 5.78 Å². The van der Waals surface area contributed by atoms with Crippen molar-refractivity contribution in [3.63, 3.8) is 0 Å². The summed E-state index contributed by atoms with van der Waals surface area (Å²) >= 11 is 5.98. The molecule has 2 aromatic rings. The van der Waals surface area contributed by atoms with E-state index in [1.807, 2.05) is 0 Å². The highest BCUT2D eigenvalue weighted by atomic mass is 35.5. The van der Waals surface area contributed by atoms with Crippen molar-refractivity contribution in [1.29, 1.82) is 0 Å². The van der Waals surface area contributed by atoms with Gasteiger partial charge in [-0.3, -0.25) is 4.79 Å². The van der Waals surface area contributed by atoms with Crippen LogP contribution < -0.4 is 4.74 Å². The lowest BCUT2D eigenvalue weighted by molar-refractivity contribution is 0.102. The van der Waals surface area contributed by atoms with Gasteiger partial charge in [0.05, 0.1) is 17.7 Å². The number of fused-ring (bicyclic) bond motifs is 1. The smallest absolute Gasteiger partial charge is 0.202 e. The van der Waals surface area contributed by atoms with E-state index >= 15 is 0 Å². The van der Waals surface area contributed by atoms with Crippen LogP contribution in [0, 0.1) is 18.6 Å². The molecule has 2 aromatic carbocycles. The fourth-order valence-electron chi connectivity index (χ4n) is 2.44. The minimum Gasteiger partial charge on any atom is -0.492 e. The number of carbonyl (C=O) groups is 1. The third-order valence-corrected chi connectivity index (χ3v) is 3.72. The van der Waals surface area contributed by atoms with Gasteiger partial charge in [-0.15, -0.1) is 0 Å². The number of benzene rings is 2. The topological polar surface area (TPSA) is 26.3 Å². The molecule has 0 saturated carbocycles. The zero-order valence-corrected chi connectivity index (χ0v) is 11.9. The second-order valence-corrected chi connectivity index (χ2v) is 5.36. The lowest BCUT2D eigenvalue weighted by Crippen LogP contribution is -2.10. The molecule has 1 aliphatic heterocycles. The monoisotopic (exact) mass is 308 g/mol. The van der Waals surface area contributed by atoms with E-state index in [0.717, 1.165) is 11.6 Å². The molecule has 0 aliphatic carbocycles. The highest BCUT2D eigenvalue weighted by Gasteiger charge is 2.27. The Bertz CT molecular complexity index is 756. The Morgan fingerprint density at radius 1 is 1.29 bits per heavy atom. The maximum absolute atomic E-state index is 14.1. The summed E-state index contributed by atoms with van der Waals surface area (Å²) in [4.78, 5) is 12.5. The fourth-order valence-corrected chi connectivity index (χ4v) is 2.68. The predicted molar refractivity (Wildman–Crippen MR) is 75.2 cm³/mol. The first-order chi connectivity index (χ1) is 9.99. The summed E-state index contributed by atoms with van der Waals surface area (Å²) < 4.78 is 33.4. The van der Waals surface area contributed by atoms with Gasteiger partial charge in [-0.1, -0.05) is 17.7 Å². The van der Waals surface area contributed by atoms with E-state index in [0.29, 0.717) is 23.8 Å². The molecule has 0 aromatic heterocycles. The van der Waals surface area contributed by atoms with Crippen molar-refractivity contribution in [3.05, 3.63) is 63.2 Å². The van der Waals surface area contributed by atoms with Gasteiger partial charge in [0, 0.05) is 11.4 Å². The van der Waals surface area contributed by atoms with Crippen LogP contribution in [-0.4, -0.2) is 12.4 Å². The van der Waals surface area contributed by atoms with Crippen LogP contribution in [0.25, 0.3) is 0 Å². The number of carbonyl (C=O) groups excluding carboxylic acids is 1. The minimum atomic E-state index is -0.894. The van der Waals surface area contributed by atoms with Crippen LogP contribution in [0.2, 0.25) is 5.02 Å². The average molecular weight is 309 g/mol. The normalized spacial score (nSPS) is 13.0. The molecule has 2 nitrogen and oxygen atoms in total. The summed E-state index contributed by atoms with van der Waals surface area (Å²) in [6, 6.07) is 5.45. The molecule has 0 spiro atoms. The summed E-state index contributed by atoms with van der Waals surface area (Å²) in [7, 11) is 0. The summed E-state index contributed by atoms with van der Waals surface area (Å²) in [5.41, 5.74) is 0.507. The molecule has 0 radical (unpaired) electrons. The summed E-state index contributed by atoms with van der Waals surface area (Å²) in [6.45, 7) is 1.90. The number of halogens is 3. The van der Waals surface area contributed by atoms with Crippen molar-refractivity contribution < 1.29 is 18.3 Å². The minimum absolute atomic E-state index is 0.0957. The van der Waals surface area contributed by atoms with E-state index in [2.05, 4.69) is 0 Å². The van der Waals surface area contributed by atoms with Gasteiger partial charge in [-0.05, 0) is 36.2 Å². The Hall–Kier alpha value is -1.94. The maximum atomic E-state index is 14.1. The number of hydrogen-bond donors (Lipinski definition) is 0. The number of hydrogen-bond acceptors (Lipinski definition) is 2. The zero-order chi connectivity index (χ0) is 15.1. The molecule has 5 heteroatoms. The van der Waals surface area contributed by atoms with Crippen molar-refractivity contribution in [2.24, 2.45) is 0 Å². The molecule has 1 heterocycles. The highest BCUT2D eigenvalue weighted by molar-refractivity contribution is 6.31. The van der Waals surface area contributed by atoms with Gasteiger partial charge in [0.15, 0.2) is 0 Å². The Labute approximate surface area is 125 Å². The van der Waals surface area contributed by atoms with Crippen LogP contribution in [0.4, 0.5) is 8.78 Å². The molecular formula is C16H11ClF2O2. The van der Waals surface area contributed by atoms with Crippen molar-refractivity contribution >= 4 is 17.4 Å². The number of aryl methyl sites for hydroxylation is 1. The molecule has 0 unspecified atom stereocenters. The molecule has 108 valence electrons. The first-order valence-corrected chi connectivity index (χ1v) is 6.81. The van der Waals surface area contributed by atoms with Crippen LogP contribution in [0.3, 0.4) is 0 Å². The van der Waals surface area contributed by atoms with Crippen molar-refractivity contribution in [3.8, 4) is 5.75 Å². The van der Waals surface area contributed by atoms with Crippen molar-refractivity contribution in [2.45, 2.75) is 13.3 Å². The Morgan fingerprint density at radius 2 is 2.05 bits per heavy atom. The van der Waals surface area contributed by atoms with E-state index in [9.17, 15) is 13.6 Å². The summed E-state index contributed by atoms with van der Waals surface area (Å²) in [5.74, 6) is -2.14. The quantitative estimate of drug-likeness (QED) is 0.781. The van der Waals surface area contributed by atoms with Crippen molar-refractivity contribution in [1.82, 2.24) is 0 Å². The van der Waals surface area contributed by atoms with Gasteiger partial charge >= 0.3 is 0 Å². The van der Waals surface area contributed by atoms with Crippen molar-refractivity contribution in [2.75, 3.05) is 6.61 Å². The lowest BCUT2D eigenvalue weighted by Gasteiger charge is -2.10. The molecule has 0 fully saturated rings. The molecule has 3 rings (SSSR count). The van der Waals surface area contributed by atoms with Gasteiger partial charge < -0.3 is 4.74 Å². The van der Waals surface area contributed by atoms with Crippen LogP contribution in [-0.2, 0) is 6.42 Å². The van der Waals surface area contributed by atoms with Crippen LogP contribution in [0.5, 0.6) is 5.75 Å². The lowest BCUT2D eigenvalue weighted by atomic mass is 9.97. The first-order valence-electron chi connectivity index (χ1n) is 6.43. The average Bonchev–Trinajstić information content (AvgIpc) is 2.90. The SMILES string of the molecule is Cc1ccc(F)c(C(=O)c2cc(Cl)cc3c2OCC3)c1F. The standard InChI is InChI=1S/C16H11ClF2O2/c1-8-2-3-12(18)13(14(8)19)15(20)11-7-10(17)6-9-4-5-21-16(9)11/h2-3,6-7H,4-5H2,1H3. The third kappa shape index (κ3) is 2.29. The summed E-state index contributed by atoms with van der Waals surface area (Å²) in [6.07, 6.45) is 0.620. The third-order valence-electron chi connectivity index (χ3n) is 3.50. The van der Waals surface area contributed by atoms with Gasteiger partial charge in [0.1, 0.15) is 17.4 Å². The zero-order valence-electron chi connectivity index (χ0n) is 11.2. The van der Waals surface area contributed by atoms with E-state index in [-0.39, 0.29) is 11.1 Å². The Kier molecular flexibility index (Phi) is 3.41. The number of rotatable bonds is 2. The van der Waals surface area contributed by atoms with Crippen LogP contribution in [0.15, 0.2) is 24.3 Å². The predicted octanol–water partition coefficient (Wildman–Crippen LogP) is 4.09. The van der Waals surface area contributed by atoms with E-state index in [1.165, 1.54) is 19.1 Å². The van der Waals surface area contributed by atoms with Crippen LogP contribution in [0.1, 0.15) is 27.0 Å². The van der Waals surface area contributed by atoms with E-state index in [4.69, 9.17) is 16.3 Å². The Morgan fingerprint density at radius 3 is 2.81 bits per heavy atom. The van der Waals surface area contributed by atoms with E-state index in [1.54, 1.807) is 6.07 Å². The molecule has 0 saturated heterocycles. The Balaban J connectivity index is 2.19. The number of ether oxygens (including phenoxy) is 1. The van der Waals surface area contributed by atoms with E-state index < -0.39 is 23.0 Å². The van der Waals surface area contributed by atoms with Gasteiger partial charge in [0.25, 0.3) is 0 Å². The summed E-state index contributed by atoms with van der Waals surface area (Å²) in [5, 5.41) is 0.344. The molecular weight excluding hydrogens is 298 g/mol. The van der Waals surface area contributed by atoms with Gasteiger partial charge in [-0.25, -0.2) is 8.78 Å². The molecule has 0 N–H and O–H groups in total.